The molecule has 2 aromatic rings. The van der Waals surface area contributed by atoms with Crippen molar-refractivity contribution < 1.29 is 23.9 Å². The minimum absolute atomic E-state index is 0.0160. The van der Waals surface area contributed by atoms with E-state index < -0.39 is 24.0 Å². The van der Waals surface area contributed by atoms with Crippen LogP contribution in [-0.2, 0) is 14.3 Å². The summed E-state index contributed by atoms with van der Waals surface area (Å²) in [6.07, 6.45) is -1.46. The van der Waals surface area contributed by atoms with E-state index in [0.717, 1.165) is 0 Å². The van der Waals surface area contributed by atoms with Crippen LogP contribution in [0.2, 0.25) is 0 Å². The molecule has 0 saturated carbocycles. The van der Waals surface area contributed by atoms with Gasteiger partial charge in [0.15, 0.2) is 5.78 Å². The minimum Gasteiger partial charge on any atom is -0.447 e. The van der Waals surface area contributed by atoms with Gasteiger partial charge in [-0.2, -0.15) is 0 Å². The first kappa shape index (κ1) is 19.3. The smallest absolute Gasteiger partial charge is 0.321 e. The molecule has 0 unspecified atom stereocenters. The molecule has 0 bridgehead atoms. The molecular formula is C18H18N2O5S. The van der Waals surface area contributed by atoms with Gasteiger partial charge in [-0.15, -0.1) is 11.3 Å². The molecule has 0 fully saturated rings. The summed E-state index contributed by atoms with van der Waals surface area (Å²) in [6, 6.07) is 11.1. The van der Waals surface area contributed by atoms with E-state index >= 15 is 0 Å². The summed E-state index contributed by atoms with van der Waals surface area (Å²) < 4.78 is 5.23. The summed E-state index contributed by atoms with van der Waals surface area (Å²) in [4.78, 5) is 48.3. The number of rotatable bonds is 7. The summed E-state index contributed by atoms with van der Waals surface area (Å²) in [6.45, 7) is 0. The lowest BCUT2D eigenvalue weighted by molar-refractivity contribution is -0.156. The van der Waals surface area contributed by atoms with E-state index in [9.17, 15) is 19.2 Å². The Kier molecular flexibility index (Phi) is 7.04. The number of benzene rings is 1. The number of imide groups is 1. The number of hydrogen-bond acceptors (Lipinski definition) is 6. The van der Waals surface area contributed by atoms with Gasteiger partial charge in [0.1, 0.15) is 0 Å². The van der Waals surface area contributed by atoms with Crippen LogP contribution in [0.25, 0.3) is 0 Å². The monoisotopic (exact) mass is 374 g/mol. The Labute approximate surface area is 154 Å². The standard InChI is InChI=1S/C18H18N2O5S/c1-19-18(24)20-17(23)16(12-6-3-2-4-7-12)25-15(22)10-9-13(21)14-8-5-11-26-14/h2-8,11,16H,9-10H2,1H3,(H2,19,20,23,24)/t16-/m0/s1. The largest absolute Gasteiger partial charge is 0.447 e. The van der Waals surface area contributed by atoms with Crippen LogP contribution in [-0.4, -0.2) is 30.7 Å². The minimum atomic E-state index is -1.28. The van der Waals surface area contributed by atoms with Crippen LogP contribution in [0, 0.1) is 0 Å². The Bertz CT molecular complexity index is 774. The lowest BCUT2D eigenvalue weighted by Crippen LogP contribution is -2.41. The van der Waals surface area contributed by atoms with E-state index in [0.29, 0.717) is 10.4 Å². The number of esters is 1. The van der Waals surface area contributed by atoms with Crippen molar-refractivity contribution in [1.29, 1.82) is 0 Å². The lowest BCUT2D eigenvalue weighted by Gasteiger charge is -2.17. The fraction of sp³-hybridized carbons (Fsp3) is 0.222. The summed E-state index contributed by atoms with van der Waals surface area (Å²) >= 11 is 1.30. The fourth-order valence-electron chi connectivity index (χ4n) is 2.11. The Hall–Kier alpha value is -3.00. The zero-order valence-corrected chi connectivity index (χ0v) is 14.9. The molecule has 2 rings (SSSR count). The Morgan fingerprint density at radius 2 is 1.77 bits per heavy atom. The molecule has 1 heterocycles. The third kappa shape index (κ3) is 5.52. The summed E-state index contributed by atoms with van der Waals surface area (Å²) in [5.74, 6) is -1.63. The number of ketones is 1. The second kappa shape index (κ2) is 9.47. The molecule has 0 aliphatic carbocycles. The first-order valence-corrected chi connectivity index (χ1v) is 8.73. The first-order valence-electron chi connectivity index (χ1n) is 7.85. The van der Waals surface area contributed by atoms with Crippen molar-refractivity contribution in [3.05, 3.63) is 58.3 Å². The molecule has 0 aliphatic heterocycles. The van der Waals surface area contributed by atoms with Crippen molar-refractivity contribution in [1.82, 2.24) is 10.6 Å². The van der Waals surface area contributed by atoms with Crippen LogP contribution < -0.4 is 10.6 Å². The molecule has 3 amide bonds. The highest BCUT2D eigenvalue weighted by atomic mass is 32.1. The second-order valence-electron chi connectivity index (χ2n) is 5.25. The summed E-state index contributed by atoms with van der Waals surface area (Å²) in [5.41, 5.74) is 0.423. The van der Waals surface area contributed by atoms with Gasteiger partial charge in [-0.1, -0.05) is 36.4 Å². The summed E-state index contributed by atoms with van der Waals surface area (Å²) in [5, 5.41) is 6.12. The zero-order chi connectivity index (χ0) is 18.9. The molecule has 0 aliphatic rings. The highest BCUT2D eigenvalue weighted by Crippen LogP contribution is 2.19. The molecule has 0 spiro atoms. The van der Waals surface area contributed by atoms with Gasteiger partial charge < -0.3 is 10.1 Å². The second-order valence-corrected chi connectivity index (χ2v) is 6.20. The van der Waals surface area contributed by atoms with Gasteiger partial charge in [0.2, 0.25) is 6.10 Å². The highest BCUT2D eigenvalue weighted by Gasteiger charge is 2.26. The Morgan fingerprint density at radius 1 is 1.04 bits per heavy atom. The first-order chi connectivity index (χ1) is 12.5. The molecule has 26 heavy (non-hydrogen) atoms. The Balaban J connectivity index is 2.01. The van der Waals surface area contributed by atoms with E-state index in [4.69, 9.17) is 4.74 Å². The fourth-order valence-corrected chi connectivity index (χ4v) is 2.80. The van der Waals surface area contributed by atoms with Gasteiger partial charge in [-0.05, 0) is 11.4 Å². The van der Waals surface area contributed by atoms with Crippen LogP contribution in [0.1, 0.15) is 34.2 Å². The number of hydrogen-bond donors (Lipinski definition) is 2. The molecule has 1 atom stereocenters. The van der Waals surface area contributed by atoms with Crippen LogP contribution in [0.15, 0.2) is 47.8 Å². The van der Waals surface area contributed by atoms with E-state index in [1.54, 1.807) is 47.8 Å². The molecular weight excluding hydrogens is 356 g/mol. The molecule has 0 radical (unpaired) electrons. The van der Waals surface area contributed by atoms with Gasteiger partial charge in [-0.3, -0.25) is 19.7 Å². The van der Waals surface area contributed by atoms with Crippen LogP contribution in [0.3, 0.4) is 0 Å². The predicted molar refractivity (Wildman–Crippen MR) is 95.8 cm³/mol. The normalized spacial score (nSPS) is 11.3. The molecule has 1 aromatic carbocycles. The zero-order valence-electron chi connectivity index (χ0n) is 14.1. The maximum Gasteiger partial charge on any atom is 0.321 e. The molecule has 8 heteroatoms. The summed E-state index contributed by atoms with van der Waals surface area (Å²) in [7, 11) is 1.36. The van der Waals surface area contributed by atoms with Crippen molar-refractivity contribution in [3.8, 4) is 0 Å². The number of thiophene rings is 1. The molecule has 136 valence electrons. The SMILES string of the molecule is CNC(=O)NC(=O)[C@@H](OC(=O)CCC(=O)c1cccs1)c1ccccc1. The van der Waals surface area contributed by atoms with Gasteiger partial charge in [0, 0.05) is 19.0 Å². The van der Waals surface area contributed by atoms with E-state index in [1.807, 2.05) is 0 Å². The van der Waals surface area contributed by atoms with Crippen LogP contribution >= 0.6 is 11.3 Å². The predicted octanol–water partition coefficient (Wildman–Crippen LogP) is 2.45. The number of nitrogens with one attached hydrogen (secondary N) is 2. The van der Waals surface area contributed by atoms with Gasteiger partial charge in [-0.25, -0.2) is 4.79 Å². The topological polar surface area (TPSA) is 102 Å². The maximum absolute atomic E-state index is 12.3. The van der Waals surface area contributed by atoms with Crippen LogP contribution in [0.5, 0.6) is 0 Å². The average molecular weight is 374 g/mol. The van der Waals surface area contributed by atoms with Gasteiger partial charge in [0.25, 0.3) is 5.91 Å². The maximum atomic E-state index is 12.3. The third-order valence-corrected chi connectivity index (χ3v) is 4.32. The Morgan fingerprint density at radius 3 is 2.38 bits per heavy atom. The average Bonchev–Trinajstić information content (AvgIpc) is 3.19. The van der Waals surface area contributed by atoms with E-state index in [2.05, 4.69) is 10.6 Å². The number of carbonyl (C=O) groups is 4. The number of ether oxygens (including phenoxy) is 1. The number of Topliss-reactive ketones (excluding diaryl/α,β-unsaturated/α-hetero) is 1. The molecule has 1 aromatic heterocycles. The quantitative estimate of drug-likeness (QED) is 0.573. The lowest BCUT2D eigenvalue weighted by atomic mass is 10.1. The number of amides is 3. The van der Waals surface area contributed by atoms with E-state index in [-0.39, 0.29) is 18.6 Å². The highest BCUT2D eigenvalue weighted by molar-refractivity contribution is 7.12. The third-order valence-electron chi connectivity index (χ3n) is 3.41. The van der Waals surface area contributed by atoms with Crippen molar-refractivity contribution >= 4 is 35.0 Å². The molecule has 0 saturated heterocycles. The van der Waals surface area contributed by atoms with Crippen LogP contribution in [0.4, 0.5) is 4.79 Å². The van der Waals surface area contributed by atoms with Gasteiger partial charge in [0.05, 0.1) is 11.3 Å². The van der Waals surface area contributed by atoms with Crippen molar-refractivity contribution in [2.45, 2.75) is 18.9 Å². The number of carbonyl (C=O) groups excluding carboxylic acids is 4. The number of urea groups is 1. The molecule has 7 nitrogen and oxygen atoms in total. The van der Waals surface area contributed by atoms with Crippen molar-refractivity contribution in [3.63, 3.8) is 0 Å². The molecule has 2 N–H and O–H groups in total. The van der Waals surface area contributed by atoms with Crippen molar-refractivity contribution in [2.75, 3.05) is 7.05 Å². The van der Waals surface area contributed by atoms with E-state index in [1.165, 1.54) is 18.4 Å². The van der Waals surface area contributed by atoms with Gasteiger partial charge >= 0.3 is 12.0 Å². The van der Waals surface area contributed by atoms with Crippen molar-refractivity contribution in [2.24, 2.45) is 0 Å².